The van der Waals surface area contributed by atoms with Gasteiger partial charge < -0.3 is 15.0 Å². The number of rotatable bonds is 6. The van der Waals surface area contributed by atoms with E-state index in [9.17, 15) is 32.9 Å². The van der Waals surface area contributed by atoms with Gasteiger partial charge in [-0.2, -0.15) is 0 Å². The fourth-order valence-corrected chi connectivity index (χ4v) is 3.95. The van der Waals surface area contributed by atoms with Gasteiger partial charge in [0.1, 0.15) is 5.69 Å². The van der Waals surface area contributed by atoms with Gasteiger partial charge in [-0.25, -0.2) is 18.0 Å². The molecule has 2 aromatic rings. The van der Waals surface area contributed by atoms with Gasteiger partial charge in [0, 0.05) is 19.2 Å². The van der Waals surface area contributed by atoms with Crippen LogP contribution in [0.5, 0.6) is 0 Å². The normalized spacial score (nSPS) is 18.0. The molecule has 1 aliphatic rings. The Kier molecular flexibility index (Phi) is 7.19. The molecular weight excluding hydrogens is 443 g/mol. The highest BCUT2D eigenvalue weighted by Gasteiger charge is 2.28. The van der Waals surface area contributed by atoms with Crippen LogP contribution in [0.25, 0.3) is 0 Å². The van der Waals surface area contributed by atoms with Gasteiger partial charge in [0.15, 0.2) is 24.1 Å². The van der Waals surface area contributed by atoms with Crippen molar-refractivity contribution in [3.8, 4) is 0 Å². The van der Waals surface area contributed by atoms with E-state index in [1.54, 1.807) is 0 Å². The third kappa shape index (κ3) is 5.60. The molecule has 1 amide bonds. The van der Waals surface area contributed by atoms with Crippen LogP contribution < -0.4 is 10.2 Å². The summed E-state index contributed by atoms with van der Waals surface area (Å²) in [5.74, 6) is -6.07. The summed E-state index contributed by atoms with van der Waals surface area (Å²) >= 11 is 0. The van der Waals surface area contributed by atoms with E-state index in [1.165, 1.54) is 12.1 Å². The van der Waals surface area contributed by atoms with E-state index in [2.05, 4.69) is 13.8 Å². The highest BCUT2D eigenvalue weighted by Crippen LogP contribution is 2.34. The standard InChI is InChI=1S/C22H22F3N3O5/c1-12-7-13(2)10-27(9-12)17-6-3-14(8-18(17)28(31)32)22(30)33-11-19(29)26-16-5-4-15(23)20(24)21(16)25/h3-6,8,12-13H,7,9-11H2,1-2H3,(H,26,29). The van der Waals surface area contributed by atoms with Crippen molar-refractivity contribution < 1.29 is 32.4 Å². The Bertz CT molecular complexity index is 1090. The molecule has 0 spiro atoms. The molecule has 0 bridgehead atoms. The van der Waals surface area contributed by atoms with Gasteiger partial charge in [-0.3, -0.25) is 14.9 Å². The van der Waals surface area contributed by atoms with Gasteiger partial charge in [-0.1, -0.05) is 13.8 Å². The third-order valence-electron chi connectivity index (χ3n) is 5.26. The second-order valence-electron chi connectivity index (χ2n) is 8.16. The lowest BCUT2D eigenvalue weighted by atomic mass is 9.91. The van der Waals surface area contributed by atoms with E-state index in [0.717, 1.165) is 18.6 Å². The fraction of sp³-hybridized carbons (Fsp3) is 0.364. The largest absolute Gasteiger partial charge is 0.452 e. The van der Waals surface area contributed by atoms with Gasteiger partial charge >= 0.3 is 5.97 Å². The number of hydrogen-bond acceptors (Lipinski definition) is 6. The number of nitro groups is 1. The maximum atomic E-state index is 13.6. The highest BCUT2D eigenvalue weighted by molar-refractivity contribution is 5.96. The number of esters is 1. The number of halogens is 3. The predicted octanol–water partition coefficient (Wildman–Crippen LogP) is 4.29. The molecule has 1 fully saturated rings. The Morgan fingerprint density at radius 2 is 1.79 bits per heavy atom. The summed E-state index contributed by atoms with van der Waals surface area (Å²) in [5, 5.41) is 13.6. The second-order valence-corrected chi connectivity index (χ2v) is 8.16. The van der Waals surface area contributed by atoms with Crippen molar-refractivity contribution >= 4 is 28.9 Å². The number of amides is 1. The monoisotopic (exact) mass is 465 g/mol. The molecule has 0 aliphatic carbocycles. The summed E-state index contributed by atoms with van der Waals surface area (Å²) in [4.78, 5) is 37.2. The van der Waals surface area contributed by atoms with Gasteiger partial charge in [0.2, 0.25) is 0 Å². The first-order valence-corrected chi connectivity index (χ1v) is 10.2. The maximum absolute atomic E-state index is 13.6. The van der Waals surface area contributed by atoms with Crippen molar-refractivity contribution in [2.45, 2.75) is 20.3 Å². The molecule has 0 aromatic heterocycles. The number of hydrogen-bond donors (Lipinski definition) is 1. The minimum Gasteiger partial charge on any atom is -0.452 e. The summed E-state index contributed by atoms with van der Waals surface area (Å²) in [5.41, 5.74) is -0.643. The number of piperidine rings is 1. The first kappa shape index (κ1) is 24.0. The van der Waals surface area contributed by atoms with Crippen molar-refractivity contribution in [3.63, 3.8) is 0 Å². The minimum atomic E-state index is -1.75. The van der Waals surface area contributed by atoms with E-state index in [1.807, 2.05) is 10.2 Å². The molecule has 1 N–H and O–H groups in total. The molecule has 2 unspecified atom stereocenters. The Hall–Kier alpha value is -3.63. The Labute approximate surface area is 187 Å². The zero-order chi connectivity index (χ0) is 24.3. The summed E-state index contributed by atoms with van der Waals surface area (Å²) in [6.45, 7) is 4.56. The lowest BCUT2D eigenvalue weighted by Gasteiger charge is -2.36. The van der Waals surface area contributed by atoms with E-state index in [-0.39, 0.29) is 11.3 Å². The zero-order valence-electron chi connectivity index (χ0n) is 17.9. The van der Waals surface area contributed by atoms with Crippen LogP contribution in [0.1, 0.15) is 30.6 Å². The molecule has 3 rings (SSSR count). The van der Waals surface area contributed by atoms with Gasteiger partial charge in [0.05, 0.1) is 16.2 Å². The molecule has 1 saturated heterocycles. The van der Waals surface area contributed by atoms with Crippen LogP contribution in [0.4, 0.5) is 30.2 Å². The van der Waals surface area contributed by atoms with Crippen LogP contribution >= 0.6 is 0 Å². The molecule has 2 atom stereocenters. The fourth-order valence-electron chi connectivity index (χ4n) is 3.95. The Morgan fingerprint density at radius 1 is 1.12 bits per heavy atom. The van der Waals surface area contributed by atoms with Crippen LogP contribution in [0.2, 0.25) is 0 Å². The zero-order valence-corrected chi connectivity index (χ0v) is 17.9. The van der Waals surface area contributed by atoms with Crippen molar-refractivity contribution in [1.82, 2.24) is 0 Å². The lowest BCUT2D eigenvalue weighted by Crippen LogP contribution is -2.39. The minimum absolute atomic E-state index is 0.143. The predicted molar refractivity (Wildman–Crippen MR) is 113 cm³/mol. The summed E-state index contributed by atoms with van der Waals surface area (Å²) in [6, 6.07) is 5.36. The number of nitro benzene ring substituents is 1. The van der Waals surface area contributed by atoms with Gasteiger partial charge in [0.25, 0.3) is 11.6 Å². The number of ether oxygens (including phenoxy) is 1. The van der Waals surface area contributed by atoms with E-state index < -0.39 is 46.5 Å². The smallest absolute Gasteiger partial charge is 0.338 e. The van der Waals surface area contributed by atoms with E-state index in [0.29, 0.717) is 36.7 Å². The van der Waals surface area contributed by atoms with Crippen molar-refractivity contribution in [2.75, 3.05) is 29.9 Å². The summed E-state index contributed by atoms with van der Waals surface area (Å²) in [7, 11) is 0. The van der Waals surface area contributed by atoms with E-state index in [4.69, 9.17) is 4.74 Å². The van der Waals surface area contributed by atoms with Crippen LogP contribution in [0.15, 0.2) is 30.3 Å². The average molecular weight is 465 g/mol. The first-order chi connectivity index (χ1) is 15.6. The van der Waals surface area contributed by atoms with Crippen molar-refractivity contribution in [3.05, 3.63) is 63.5 Å². The summed E-state index contributed by atoms with van der Waals surface area (Å²) < 4.78 is 44.7. The number of nitrogens with one attached hydrogen (secondary N) is 1. The second kappa shape index (κ2) is 9.88. The molecule has 8 nitrogen and oxygen atoms in total. The number of carbonyl (C=O) groups excluding carboxylic acids is 2. The lowest BCUT2D eigenvalue weighted by molar-refractivity contribution is -0.384. The van der Waals surface area contributed by atoms with Crippen molar-refractivity contribution in [2.24, 2.45) is 11.8 Å². The Morgan fingerprint density at radius 3 is 2.42 bits per heavy atom. The molecule has 11 heteroatoms. The first-order valence-electron chi connectivity index (χ1n) is 10.2. The van der Waals surface area contributed by atoms with Gasteiger partial charge in [-0.15, -0.1) is 0 Å². The van der Waals surface area contributed by atoms with Gasteiger partial charge in [-0.05, 0) is 42.5 Å². The number of benzene rings is 2. The van der Waals surface area contributed by atoms with E-state index >= 15 is 0 Å². The number of nitrogens with zero attached hydrogens (tertiary/aromatic N) is 2. The molecule has 0 saturated carbocycles. The van der Waals surface area contributed by atoms with Crippen LogP contribution in [-0.4, -0.2) is 36.5 Å². The molecule has 33 heavy (non-hydrogen) atoms. The molecule has 1 aliphatic heterocycles. The maximum Gasteiger partial charge on any atom is 0.338 e. The van der Waals surface area contributed by atoms with Crippen LogP contribution in [-0.2, 0) is 9.53 Å². The van der Waals surface area contributed by atoms with Crippen molar-refractivity contribution in [1.29, 1.82) is 0 Å². The molecule has 0 radical (unpaired) electrons. The quantitative estimate of drug-likeness (QED) is 0.296. The summed E-state index contributed by atoms with van der Waals surface area (Å²) in [6.07, 6.45) is 1.02. The SMILES string of the molecule is CC1CC(C)CN(c2ccc(C(=O)OCC(=O)Nc3ccc(F)c(F)c3F)cc2[N+](=O)[O-])C1. The average Bonchev–Trinajstić information content (AvgIpc) is 2.76. The molecule has 2 aromatic carbocycles. The molecule has 176 valence electrons. The Balaban J connectivity index is 1.68. The van der Waals surface area contributed by atoms with Crippen LogP contribution in [0.3, 0.4) is 0 Å². The van der Waals surface area contributed by atoms with Crippen LogP contribution in [0, 0.1) is 39.4 Å². The number of carbonyl (C=O) groups is 2. The number of anilines is 2. The molecule has 1 heterocycles. The topological polar surface area (TPSA) is 102 Å². The third-order valence-corrected chi connectivity index (χ3v) is 5.26. The highest BCUT2D eigenvalue weighted by atomic mass is 19.2. The molecular formula is C22H22F3N3O5.